The van der Waals surface area contributed by atoms with Gasteiger partial charge in [0.05, 0.1) is 4.88 Å². The van der Waals surface area contributed by atoms with Crippen LogP contribution in [0.1, 0.15) is 37.4 Å². The van der Waals surface area contributed by atoms with E-state index in [2.05, 4.69) is 29.8 Å². The van der Waals surface area contributed by atoms with Crippen molar-refractivity contribution in [2.75, 3.05) is 11.9 Å². The average Bonchev–Trinajstić information content (AvgIpc) is 2.98. The van der Waals surface area contributed by atoms with Crippen LogP contribution >= 0.6 is 11.3 Å². The van der Waals surface area contributed by atoms with Gasteiger partial charge in [-0.3, -0.25) is 0 Å². The van der Waals surface area contributed by atoms with Crippen LogP contribution in [0.5, 0.6) is 0 Å². The number of hydrogen-bond acceptors (Lipinski definition) is 4. The van der Waals surface area contributed by atoms with E-state index in [1.54, 1.807) is 11.3 Å². The van der Waals surface area contributed by atoms with Gasteiger partial charge in [0.15, 0.2) is 5.82 Å². The van der Waals surface area contributed by atoms with Gasteiger partial charge in [0.25, 0.3) is 0 Å². The van der Waals surface area contributed by atoms with Crippen molar-refractivity contribution in [3.8, 4) is 10.7 Å². The maximum Gasteiger partial charge on any atom is 0.171 e. The summed E-state index contributed by atoms with van der Waals surface area (Å²) >= 11 is 1.71. The van der Waals surface area contributed by atoms with Gasteiger partial charge in [0.1, 0.15) is 5.82 Å². The molecular formula is C15H19N3S. The monoisotopic (exact) mass is 273 g/mol. The minimum atomic E-state index is 0.884. The highest BCUT2D eigenvalue weighted by Gasteiger charge is 2.18. The summed E-state index contributed by atoms with van der Waals surface area (Å²) in [5, 5.41) is 5.56. The van der Waals surface area contributed by atoms with E-state index in [0.717, 1.165) is 42.3 Å². The van der Waals surface area contributed by atoms with Crippen LogP contribution in [0.4, 0.5) is 5.82 Å². The predicted octanol–water partition coefficient (Wildman–Crippen LogP) is 3.91. The molecule has 0 bridgehead atoms. The first-order valence-corrected chi connectivity index (χ1v) is 7.94. The molecule has 4 heteroatoms. The van der Waals surface area contributed by atoms with Gasteiger partial charge in [-0.05, 0) is 43.6 Å². The summed E-state index contributed by atoms with van der Waals surface area (Å²) in [6, 6.07) is 4.15. The zero-order valence-corrected chi connectivity index (χ0v) is 12.1. The first-order valence-electron chi connectivity index (χ1n) is 7.06. The van der Waals surface area contributed by atoms with Crippen LogP contribution in [-0.4, -0.2) is 16.5 Å². The molecule has 1 N–H and O–H groups in total. The van der Waals surface area contributed by atoms with Crippen molar-refractivity contribution < 1.29 is 0 Å². The summed E-state index contributed by atoms with van der Waals surface area (Å²) in [5.74, 6) is 1.95. The van der Waals surface area contributed by atoms with E-state index in [4.69, 9.17) is 9.97 Å². The topological polar surface area (TPSA) is 37.8 Å². The van der Waals surface area contributed by atoms with Gasteiger partial charge in [-0.15, -0.1) is 11.3 Å². The van der Waals surface area contributed by atoms with Crippen molar-refractivity contribution in [2.24, 2.45) is 0 Å². The van der Waals surface area contributed by atoms with E-state index in [1.807, 2.05) is 0 Å². The zero-order chi connectivity index (χ0) is 13.1. The summed E-state index contributed by atoms with van der Waals surface area (Å²) in [5.41, 5.74) is 2.60. The SMILES string of the molecule is CCCNc1nc(-c2cccs2)nc2c1CCCC2. The molecule has 0 aromatic carbocycles. The molecule has 0 spiro atoms. The fourth-order valence-electron chi connectivity index (χ4n) is 2.50. The maximum absolute atomic E-state index is 4.78. The Hall–Kier alpha value is -1.42. The van der Waals surface area contributed by atoms with Crippen LogP contribution in [-0.2, 0) is 12.8 Å². The fraction of sp³-hybridized carbons (Fsp3) is 0.467. The first kappa shape index (κ1) is 12.6. The van der Waals surface area contributed by atoms with Crippen molar-refractivity contribution in [1.29, 1.82) is 0 Å². The summed E-state index contributed by atoms with van der Waals surface area (Å²) in [7, 11) is 0. The zero-order valence-electron chi connectivity index (χ0n) is 11.3. The fourth-order valence-corrected chi connectivity index (χ4v) is 3.16. The van der Waals surface area contributed by atoms with E-state index < -0.39 is 0 Å². The van der Waals surface area contributed by atoms with Gasteiger partial charge < -0.3 is 5.32 Å². The molecular weight excluding hydrogens is 254 g/mol. The molecule has 0 unspecified atom stereocenters. The highest BCUT2D eigenvalue weighted by molar-refractivity contribution is 7.13. The summed E-state index contributed by atoms with van der Waals surface area (Å²) < 4.78 is 0. The Morgan fingerprint density at radius 3 is 2.95 bits per heavy atom. The molecule has 1 aliphatic rings. The van der Waals surface area contributed by atoms with Crippen molar-refractivity contribution in [1.82, 2.24) is 9.97 Å². The van der Waals surface area contributed by atoms with Crippen LogP contribution in [0, 0.1) is 0 Å². The van der Waals surface area contributed by atoms with Gasteiger partial charge in [-0.25, -0.2) is 9.97 Å². The van der Waals surface area contributed by atoms with E-state index in [1.165, 1.54) is 24.1 Å². The van der Waals surface area contributed by atoms with E-state index in [9.17, 15) is 0 Å². The highest BCUT2D eigenvalue weighted by atomic mass is 32.1. The molecule has 0 saturated heterocycles. The number of rotatable bonds is 4. The van der Waals surface area contributed by atoms with Gasteiger partial charge in [0, 0.05) is 17.8 Å². The molecule has 19 heavy (non-hydrogen) atoms. The molecule has 2 aromatic rings. The first-order chi connectivity index (χ1) is 9.38. The van der Waals surface area contributed by atoms with E-state index >= 15 is 0 Å². The van der Waals surface area contributed by atoms with Crippen molar-refractivity contribution in [3.63, 3.8) is 0 Å². The lowest BCUT2D eigenvalue weighted by molar-refractivity contribution is 0.664. The number of aryl methyl sites for hydroxylation is 1. The molecule has 2 aromatic heterocycles. The highest BCUT2D eigenvalue weighted by Crippen LogP contribution is 2.29. The quantitative estimate of drug-likeness (QED) is 0.918. The molecule has 100 valence electrons. The molecule has 0 atom stereocenters. The lowest BCUT2D eigenvalue weighted by Crippen LogP contribution is -2.13. The number of thiophene rings is 1. The largest absolute Gasteiger partial charge is 0.370 e. The van der Waals surface area contributed by atoms with Gasteiger partial charge in [-0.1, -0.05) is 13.0 Å². The van der Waals surface area contributed by atoms with Gasteiger partial charge in [0.2, 0.25) is 0 Å². The predicted molar refractivity (Wildman–Crippen MR) is 80.8 cm³/mol. The average molecular weight is 273 g/mol. The third-order valence-corrected chi connectivity index (χ3v) is 4.33. The standard InChI is InChI=1S/C15H19N3S/c1-2-9-16-14-11-6-3-4-7-12(11)17-15(18-14)13-8-5-10-19-13/h5,8,10H,2-4,6-7,9H2,1H3,(H,16,17,18). The molecule has 3 rings (SSSR count). The van der Waals surface area contributed by atoms with Crippen LogP contribution in [0.2, 0.25) is 0 Å². The van der Waals surface area contributed by atoms with Crippen LogP contribution in [0.3, 0.4) is 0 Å². The van der Waals surface area contributed by atoms with Crippen LogP contribution < -0.4 is 5.32 Å². The molecule has 0 radical (unpaired) electrons. The normalized spacial score (nSPS) is 14.2. The minimum Gasteiger partial charge on any atom is -0.370 e. The Balaban J connectivity index is 2.02. The molecule has 1 aliphatic carbocycles. The number of nitrogens with one attached hydrogen (secondary N) is 1. The summed E-state index contributed by atoms with van der Waals surface area (Å²) in [4.78, 5) is 10.7. The lowest BCUT2D eigenvalue weighted by atomic mass is 9.96. The third-order valence-electron chi connectivity index (χ3n) is 3.47. The van der Waals surface area contributed by atoms with Crippen molar-refractivity contribution in [3.05, 3.63) is 28.8 Å². The Morgan fingerprint density at radius 1 is 1.26 bits per heavy atom. The maximum atomic E-state index is 4.78. The number of nitrogens with zero attached hydrogens (tertiary/aromatic N) is 2. The van der Waals surface area contributed by atoms with Gasteiger partial charge in [-0.2, -0.15) is 0 Å². The Bertz CT molecular complexity index is 549. The molecule has 0 saturated carbocycles. The number of anilines is 1. The lowest BCUT2D eigenvalue weighted by Gasteiger charge is -2.19. The third kappa shape index (κ3) is 2.63. The number of aromatic nitrogens is 2. The second-order valence-corrected chi connectivity index (χ2v) is 5.88. The molecule has 0 aliphatic heterocycles. The molecule has 2 heterocycles. The van der Waals surface area contributed by atoms with Crippen molar-refractivity contribution >= 4 is 17.2 Å². The second kappa shape index (κ2) is 5.70. The van der Waals surface area contributed by atoms with E-state index in [-0.39, 0.29) is 0 Å². The second-order valence-electron chi connectivity index (χ2n) is 4.93. The minimum absolute atomic E-state index is 0.884. The smallest absolute Gasteiger partial charge is 0.171 e. The van der Waals surface area contributed by atoms with Crippen LogP contribution in [0.15, 0.2) is 17.5 Å². The number of hydrogen-bond donors (Lipinski definition) is 1. The van der Waals surface area contributed by atoms with E-state index in [0.29, 0.717) is 0 Å². The van der Waals surface area contributed by atoms with Crippen molar-refractivity contribution in [2.45, 2.75) is 39.0 Å². The molecule has 3 nitrogen and oxygen atoms in total. The number of fused-ring (bicyclic) bond motifs is 1. The summed E-state index contributed by atoms with van der Waals surface area (Å²) in [6.07, 6.45) is 5.84. The van der Waals surface area contributed by atoms with Crippen LogP contribution in [0.25, 0.3) is 10.7 Å². The van der Waals surface area contributed by atoms with Gasteiger partial charge >= 0.3 is 0 Å². The Kier molecular flexibility index (Phi) is 3.78. The molecule has 0 amide bonds. The molecule has 0 fully saturated rings. The Morgan fingerprint density at radius 2 is 2.16 bits per heavy atom. The Labute approximate surface area is 118 Å². The summed E-state index contributed by atoms with van der Waals surface area (Å²) in [6.45, 7) is 3.16.